The van der Waals surface area contributed by atoms with Gasteiger partial charge in [0.15, 0.2) is 0 Å². The molecule has 112 valence electrons. The number of nitrogens with two attached hydrogens (primary N) is 1. The molecule has 0 radical (unpaired) electrons. The van der Waals surface area contributed by atoms with E-state index >= 15 is 0 Å². The van der Waals surface area contributed by atoms with E-state index in [-0.39, 0.29) is 11.9 Å². The molecule has 2 N–H and O–H groups in total. The minimum Gasteiger partial charge on any atom is -0.381 e. The van der Waals surface area contributed by atoms with Crippen LogP contribution in [-0.2, 0) is 4.74 Å². The molecule has 1 aromatic carbocycles. The average Bonchev–Trinajstić information content (AvgIpc) is 2.44. The van der Waals surface area contributed by atoms with Crippen molar-refractivity contribution in [1.29, 1.82) is 0 Å². The standard InChI is InChI=1S/C15H22BrFN2O/c1-19(9-11-3-2-6-20-10-11)15(8-18)12-4-5-13(16)14(17)7-12/h4-5,7,11,15H,2-3,6,8-10,18H2,1H3. The molecule has 0 aromatic heterocycles. The van der Waals surface area contributed by atoms with E-state index in [9.17, 15) is 4.39 Å². The molecule has 2 atom stereocenters. The summed E-state index contributed by atoms with van der Waals surface area (Å²) in [5.74, 6) is 0.304. The quantitative estimate of drug-likeness (QED) is 0.892. The van der Waals surface area contributed by atoms with Gasteiger partial charge in [-0.05, 0) is 59.4 Å². The predicted octanol–water partition coefficient (Wildman–Crippen LogP) is 2.95. The van der Waals surface area contributed by atoms with Gasteiger partial charge in [0, 0.05) is 25.7 Å². The van der Waals surface area contributed by atoms with Gasteiger partial charge in [0.05, 0.1) is 11.1 Å². The molecule has 0 aliphatic carbocycles. The smallest absolute Gasteiger partial charge is 0.137 e. The predicted molar refractivity (Wildman–Crippen MR) is 82.1 cm³/mol. The van der Waals surface area contributed by atoms with Gasteiger partial charge in [0.1, 0.15) is 5.82 Å². The summed E-state index contributed by atoms with van der Waals surface area (Å²) in [4.78, 5) is 2.21. The fourth-order valence-corrected chi connectivity index (χ4v) is 3.02. The van der Waals surface area contributed by atoms with E-state index in [1.54, 1.807) is 12.1 Å². The Bertz CT molecular complexity index is 438. The van der Waals surface area contributed by atoms with Crippen molar-refractivity contribution in [1.82, 2.24) is 4.90 Å². The van der Waals surface area contributed by atoms with Gasteiger partial charge in [-0.1, -0.05) is 6.07 Å². The lowest BCUT2D eigenvalue weighted by Gasteiger charge is -2.32. The summed E-state index contributed by atoms with van der Waals surface area (Å²) in [6.07, 6.45) is 2.31. The zero-order valence-electron chi connectivity index (χ0n) is 11.8. The Balaban J connectivity index is 2.03. The molecule has 2 unspecified atom stereocenters. The molecule has 0 amide bonds. The second kappa shape index (κ2) is 7.50. The average molecular weight is 345 g/mol. The first-order chi connectivity index (χ1) is 9.61. The van der Waals surface area contributed by atoms with Crippen LogP contribution in [0.15, 0.2) is 22.7 Å². The first-order valence-corrected chi connectivity index (χ1v) is 7.84. The summed E-state index contributed by atoms with van der Waals surface area (Å²) in [5, 5.41) is 0. The highest BCUT2D eigenvalue weighted by atomic mass is 79.9. The van der Waals surface area contributed by atoms with Crippen molar-refractivity contribution in [2.24, 2.45) is 11.7 Å². The number of hydrogen-bond acceptors (Lipinski definition) is 3. The van der Waals surface area contributed by atoms with Gasteiger partial charge in [-0.25, -0.2) is 4.39 Å². The van der Waals surface area contributed by atoms with Gasteiger partial charge in [-0.3, -0.25) is 4.90 Å². The highest BCUT2D eigenvalue weighted by Gasteiger charge is 2.21. The molecular weight excluding hydrogens is 323 g/mol. The van der Waals surface area contributed by atoms with Crippen molar-refractivity contribution in [2.45, 2.75) is 18.9 Å². The number of nitrogens with zero attached hydrogens (tertiary/aromatic N) is 1. The molecule has 1 saturated heterocycles. The van der Waals surface area contributed by atoms with Crippen LogP contribution in [0.25, 0.3) is 0 Å². The summed E-state index contributed by atoms with van der Waals surface area (Å²) < 4.78 is 19.7. The highest BCUT2D eigenvalue weighted by molar-refractivity contribution is 9.10. The summed E-state index contributed by atoms with van der Waals surface area (Å²) in [6.45, 7) is 3.10. The number of rotatable bonds is 5. The first kappa shape index (κ1) is 15.9. The van der Waals surface area contributed by atoms with Gasteiger partial charge in [-0.2, -0.15) is 0 Å². The van der Waals surface area contributed by atoms with Crippen molar-refractivity contribution in [3.63, 3.8) is 0 Å². The van der Waals surface area contributed by atoms with Crippen LogP contribution in [0.5, 0.6) is 0 Å². The molecule has 1 aromatic rings. The topological polar surface area (TPSA) is 38.5 Å². The molecule has 0 spiro atoms. The minimum atomic E-state index is -0.240. The SMILES string of the molecule is CN(CC1CCCOC1)C(CN)c1ccc(Br)c(F)c1. The van der Waals surface area contributed by atoms with Gasteiger partial charge >= 0.3 is 0 Å². The molecule has 0 bridgehead atoms. The molecule has 1 aliphatic rings. The summed E-state index contributed by atoms with van der Waals surface area (Å²) in [6, 6.07) is 5.28. The van der Waals surface area contributed by atoms with Gasteiger partial charge in [-0.15, -0.1) is 0 Å². The van der Waals surface area contributed by atoms with E-state index < -0.39 is 0 Å². The molecule has 0 saturated carbocycles. The van der Waals surface area contributed by atoms with Crippen LogP contribution in [0.2, 0.25) is 0 Å². The Hall–Kier alpha value is -0.490. The van der Waals surface area contributed by atoms with Crippen molar-refractivity contribution >= 4 is 15.9 Å². The molecular formula is C15H22BrFN2O. The van der Waals surface area contributed by atoms with E-state index in [1.807, 2.05) is 13.1 Å². The second-order valence-electron chi connectivity index (χ2n) is 5.45. The van der Waals surface area contributed by atoms with Crippen LogP contribution < -0.4 is 5.73 Å². The lowest BCUT2D eigenvalue weighted by molar-refractivity contribution is 0.0365. The van der Waals surface area contributed by atoms with Crippen LogP contribution in [0.4, 0.5) is 4.39 Å². The molecule has 1 fully saturated rings. The molecule has 2 rings (SSSR count). The fraction of sp³-hybridized carbons (Fsp3) is 0.600. The van der Waals surface area contributed by atoms with Crippen molar-refractivity contribution in [3.05, 3.63) is 34.1 Å². The van der Waals surface area contributed by atoms with E-state index in [1.165, 1.54) is 6.42 Å². The summed E-state index contributed by atoms with van der Waals surface area (Å²) >= 11 is 3.18. The Labute approximate surface area is 128 Å². The maximum absolute atomic E-state index is 13.7. The Morgan fingerprint density at radius 1 is 1.55 bits per heavy atom. The largest absolute Gasteiger partial charge is 0.381 e. The van der Waals surface area contributed by atoms with Crippen LogP contribution >= 0.6 is 15.9 Å². The summed E-state index contributed by atoms with van der Waals surface area (Å²) in [7, 11) is 2.05. The third-order valence-corrected chi connectivity index (χ3v) is 4.53. The Kier molecular flexibility index (Phi) is 5.96. The normalized spacial score (nSPS) is 21.1. The first-order valence-electron chi connectivity index (χ1n) is 7.04. The number of benzene rings is 1. The van der Waals surface area contributed by atoms with E-state index in [4.69, 9.17) is 10.5 Å². The molecule has 20 heavy (non-hydrogen) atoms. The van der Waals surface area contributed by atoms with Crippen LogP contribution in [0.1, 0.15) is 24.4 Å². The third-order valence-electron chi connectivity index (χ3n) is 3.88. The maximum atomic E-state index is 13.7. The number of hydrogen-bond donors (Lipinski definition) is 1. The number of halogens is 2. The monoisotopic (exact) mass is 344 g/mol. The third kappa shape index (κ3) is 4.01. The zero-order valence-corrected chi connectivity index (χ0v) is 13.4. The van der Waals surface area contributed by atoms with E-state index in [0.29, 0.717) is 16.9 Å². The van der Waals surface area contributed by atoms with Gasteiger partial charge in [0.2, 0.25) is 0 Å². The molecule has 1 heterocycles. The number of ether oxygens (including phenoxy) is 1. The zero-order chi connectivity index (χ0) is 14.5. The molecule has 1 aliphatic heterocycles. The van der Waals surface area contributed by atoms with Crippen LogP contribution in [0.3, 0.4) is 0 Å². The lowest BCUT2D eigenvalue weighted by atomic mass is 9.99. The fourth-order valence-electron chi connectivity index (χ4n) is 2.78. The molecule has 3 nitrogen and oxygen atoms in total. The highest BCUT2D eigenvalue weighted by Crippen LogP contribution is 2.25. The van der Waals surface area contributed by atoms with Crippen LogP contribution in [-0.4, -0.2) is 38.3 Å². The van der Waals surface area contributed by atoms with Gasteiger partial charge < -0.3 is 10.5 Å². The van der Waals surface area contributed by atoms with E-state index in [0.717, 1.165) is 31.7 Å². The summed E-state index contributed by atoms with van der Waals surface area (Å²) in [5.41, 5.74) is 6.82. The lowest BCUT2D eigenvalue weighted by Crippen LogP contribution is -2.36. The van der Waals surface area contributed by atoms with Crippen molar-refractivity contribution in [3.8, 4) is 0 Å². The number of likely N-dealkylation sites (N-methyl/N-ethyl adjacent to an activating group) is 1. The van der Waals surface area contributed by atoms with Gasteiger partial charge in [0.25, 0.3) is 0 Å². The van der Waals surface area contributed by atoms with Crippen molar-refractivity contribution in [2.75, 3.05) is 33.4 Å². The van der Waals surface area contributed by atoms with E-state index in [2.05, 4.69) is 20.8 Å². The minimum absolute atomic E-state index is 0.0412. The Morgan fingerprint density at radius 2 is 2.35 bits per heavy atom. The van der Waals surface area contributed by atoms with Crippen LogP contribution in [0, 0.1) is 11.7 Å². The van der Waals surface area contributed by atoms with Crippen molar-refractivity contribution < 1.29 is 9.13 Å². The maximum Gasteiger partial charge on any atom is 0.137 e. The second-order valence-corrected chi connectivity index (χ2v) is 6.30. The molecule has 5 heteroatoms. The Morgan fingerprint density at radius 3 is 2.95 bits per heavy atom.